The van der Waals surface area contributed by atoms with Gasteiger partial charge in [0.2, 0.25) is 0 Å². The molecule has 0 spiro atoms. The number of carbonyl (C=O) groups excluding carboxylic acids is 1. The predicted octanol–water partition coefficient (Wildman–Crippen LogP) is -0.417. The fourth-order valence-corrected chi connectivity index (χ4v) is 6.23. The fraction of sp³-hybridized carbons (Fsp3) is 0.875. The SMILES string of the molecule is COC(=O)[C@@H]1N2CN3CN(C2)CP1(=O)C3. The van der Waals surface area contributed by atoms with E-state index in [9.17, 15) is 9.36 Å². The van der Waals surface area contributed by atoms with Crippen molar-refractivity contribution in [2.24, 2.45) is 0 Å². The van der Waals surface area contributed by atoms with Crippen LogP contribution in [0.1, 0.15) is 0 Å². The van der Waals surface area contributed by atoms with E-state index in [0.29, 0.717) is 12.6 Å². The molecule has 2 unspecified atom stereocenters. The average Bonchev–Trinajstić information content (AvgIpc) is 2.14. The Hall–Kier alpha value is -0.420. The van der Waals surface area contributed by atoms with E-state index in [1.165, 1.54) is 7.11 Å². The van der Waals surface area contributed by atoms with E-state index in [1.54, 1.807) is 0 Å². The molecule has 0 aromatic heterocycles. The quantitative estimate of drug-likeness (QED) is 0.451. The van der Waals surface area contributed by atoms with E-state index in [2.05, 4.69) is 9.80 Å². The van der Waals surface area contributed by atoms with Gasteiger partial charge in [0.15, 0.2) is 5.78 Å². The van der Waals surface area contributed by atoms with Gasteiger partial charge >= 0.3 is 5.97 Å². The first kappa shape index (κ1) is 9.78. The van der Waals surface area contributed by atoms with E-state index in [4.69, 9.17) is 4.74 Å². The number of methoxy groups -OCH3 is 1. The summed E-state index contributed by atoms with van der Waals surface area (Å²) in [7, 11) is -1.09. The number of nitrogens with zero attached hydrogens (tertiary/aromatic N) is 3. The maximum Gasteiger partial charge on any atom is 0.330 e. The molecule has 6 nitrogen and oxygen atoms in total. The first-order valence-corrected chi connectivity index (χ1v) is 7.11. The lowest BCUT2D eigenvalue weighted by molar-refractivity contribution is -0.150. The minimum absolute atomic E-state index is 0.334. The van der Waals surface area contributed by atoms with Crippen LogP contribution in [0.2, 0.25) is 0 Å². The van der Waals surface area contributed by atoms with E-state index in [1.807, 2.05) is 4.90 Å². The van der Waals surface area contributed by atoms with Gasteiger partial charge in [-0.25, -0.2) is 4.79 Å². The summed E-state index contributed by atoms with van der Waals surface area (Å²) >= 11 is 0. The standard InChI is InChI=1S/C8H14N3O3P/c1-14-8(12)7-11-3-9-2-10(4-11)6-15(7,13)5-9/h7H,2-6H2,1H3/t7-/m1/s1. The first-order chi connectivity index (χ1) is 7.12. The number of ether oxygens (including phenoxy) is 1. The Kier molecular flexibility index (Phi) is 1.98. The third-order valence-electron chi connectivity index (χ3n) is 3.25. The molecule has 0 aromatic rings. The molecule has 4 heterocycles. The van der Waals surface area contributed by atoms with Crippen LogP contribution in [0.4, 0.5) is 0 Å². The lowest BCUT2D eigenvalue weighted by Crippen LogP contribution is -2.68. The highest BCUT2D eigenvalue weighted by Gasteiger charge is 2.55. The van der Waals surface area contributed by atoms with Gasteiger partial charge in [0.05, 0.1) is 39.7 Å². The molecule has 4 aliphatic rings. The van der Waals surface area contributed by atoms with Crippen molar-refractivity contribution >= 4 is 13.1 Å². The van der Waals surface area contributed by atoms with Crippen LogP contribution in [-0.4, -0.2) is 66.1 Å². The van der Waals surface area contributed by atoms with Crippen LogP contribution in [0.3, 0.4) is 0 Å². The topological polar surface area (TPSA) is 53.1 Å². The van der Waals surface area contributed by atoms with Gasteiger partial charge in [0.1, 0.15) is 7.14 Å². The lowest BCUT2D eigenvalue weighted by atomic mass is 10.4. The van der Waals surface area contributed by atoms with Crippen molar-refractivity contribution in [2.45, 2.75) is 5.78 Å². The number of carbonyl (C=O) groups is 1. The molecule has 84 valence electrons. The molecule has 4 rings (SSSR count). The smallest absolute Gasteiger partial charge is 0.330 e. The van der Waals surface area contributed by atoms with E-state index in [0.717, 1.165) is 20.0 Å². The Morgan fingerprint density at radius 1 is 1.27 bits per heavy atom. The molecule has 0 aromatic carbocycles. The van der Waals surface area contributed by atoms with Crippen LogP contribution < -0.4 is 0 Å². The first-order valence-electron chi connectivity index (χ1n) is 4.97. The molecule has 0 amide bonds. The summed E-state index contributed by atoms with van der Waals surface area (Å²) in [5.74, 6) is -0.824. The van der Waals surface area contributed by atoms with Gasteiger partial charge in [-0.2, -0.15) is 0 Å². The predicted molar refractivity (Wildman–Crippen MR) is 53.3 cm³/mol. The average molecular weight is 231 g/mol. The highest BCUT2D eigenvalue weighted by atomic mass is 31.2. The number of rotatable bonds is 1. The zero-order valence-electron chi connectivity index (χ0n) is 8.63. The van der Waals surface area contributed by atoms with Crippen molar-refractivity contribution in [1.82, 2.24) is 14.7 Å². The van der Waals surface area contributed by atoms with Gasteiger partial charge in [-0.3, -0.25) is 14.7 Å². The van der Waals surface area contributed by atoms with Gasteiger partial charge < -0.3 is 9.30 Å². The molecular formula is C8H14N3O3P. The van der Waals surface area contributed by atoms with Crippen LogP contribution in [0.5, 0.6) is 0 Å². The molecule has 0 saturated carbocycles. The van der Waals surface area contributed by atoms with Crippen LogP contribution >= 0.6 is 7.14 Å². The van der Waals surface area contributed by atoms with Crippen LogP contribution in [0.15, 0.2) is 0 Å². The molecule has 0 radical (unpaired) electrons. The highest BCUT2D eigenvalue weighted by molar-refractivity contribution is 7.65. The Labute approximate surface area is 88.1 Å². The fourth-order valence-electron chi connectivity index (χ4n) is 2.89. The minimum atomic E-state index is -2.45. The monoisotopic (exact) mass is 231 g/mol. The summed E-state index contributed by atoms with van der Waals surface area (Å²) < 4.78 is 17.4. The Bertz CT molecular complexity index is 343. The summed E-state index contributed by atoms with van der Waals surface area (Å²) in [6.45, 7) is 2.36. The second-order valence-corrected chi connectivity index (χ2v) is 7.45. The van der Waals surface area contributed by atoms with Crippen LogP contribution in [0.25, 0.3) is 0 Å². The summed E-state index contributed by atoms with van der Waals surface area (Å²) in [6.07, 6.45) is 1.14. The zero-order valence-corrected chi connectivity index (χ0v) is 9.52. The molecule has 3 atom stereocenters. The number of hydrogen-bond acceptors (Lipinski definition) is 6. The zero-order chi connectivity index (χ0) is 10.6. The minimum Gasteiger partial charge on any atom is -0.467 e. The van der Waals surface area contributed by atoms with Crippen molar-refractivity contribution < 1.29 is 14.1 Å². The van der Waals surface area contributed by atoms with Gasteiger partial charge in [0.25, 0.3) is 0 Å². The van der Waals surface area contributed by atoms with Gasteiger partial charge in [0, 0.05) is 0 Å². The highest BCUT2D eigenvalue weighted by Crippen LogP contribution is 2.60. The van der Waals surface area contributed by atoms with Gasteiger partial charge in [-0.05, 0) is 0 Å². The van der Waals surface area contributed by atoms with E-state index >= 15 is 0 Å². The van der Waals surface area contributed by atoms with Crippen LogP contribution in [0, 0.1) is 0 Å². The van der Waals surface area contributed by atoms with E-state index in [-0.39, 0.29) is 5.97 Å². The molecule has 0 N–H and O–H groups in total. The Morgan fingerprint density at radius 2 is 1.87 bits per heavy atom. The third kappa shape index (κ3) is 1.29. The van der Waals surface area contributed by atoms with Gasteiger partial charge in [-0.1, -0.05) is 0 Å². The maximum atomic E-state index is 12.6. The Balaban J connectivity index is 1.96. The molecule has 15 heavy (non-hydrogen) atoms. The second-order valence-electron chi connectivity index (χ2n) is 4.49. The molecule has 0 aliphatic carbocycles. The van der Waals surface area contributed by atoms with Crippen molar-refractivity contribution in [2.75, 3.05) is 39.7 Å². The van der Waals surface area contributed by atoms with Crippen molar-refractivity contribution in [3.63, 3.8) is 0 Å². The van der Waals surface area contributed by atoms with E-state index < -0.39 is 12.9 Å². The Morgan fingerprint density at radius 3 is 2.33 bits per heavy atom. The summed E-state index contributed by atoms with van der Waals surface area (Å²) in [5, 5.41) is 0. The summed E-state index contributed by atoms with van der Waals surface area (Å²) in [6, 6.07) is 0. The van der Waals surface area contributed by atoms with Crippen molar-refractivity contribution in [3.8, 4) is 0 Å². The molecular weight excluding hydrogens is 217 g/mol. The van der Waals surface area contributed by atoms with Crippen molar-refractivity contribution in [1.29, 1.82) is 0 Å². The summed E-state index contributed by atoms with van der Waals surface area (Å²) in [5.41, 5.74) is 0. The lowest BCUT2D eigenvalue weighted by Gasteiger charge is -2.57. The number of hydrogen-bond donors (Lipinski definition) is 0. The largest absolute Gasteiger partial charge is 0.467 e. The normalized spacial score (nSPS) is 51.8. The maximum absolute atomic E-state index is 12.6. The van der Waals surface area contributed by atoms with Gasteiger partial charge in [-0.15, -0.1) is 0 Å². The molecule has 7 heteroatoms. The van der Waals surface area contributed by atoms with Crippen molar-refractivity contribution in [3.05, 3.63) is 0 Å². The third-order valence-corrected chi connectivity index (χ3v) is 6.43. The number of esters is 1. The molecule has 4 aliphatic heterocycles. The van der Waals surface area contributed by atoms with Crippen LogP contribution in [-0.2, 0) is 14.1 Å². The molecule has 4 saturated heterocycles. The molecule has 4 fully saturated rings. The molecule has 4 bridgehead atoms. The second kappa shape index (κ2) is 3.04. The summed E-state index contributed by atoms with van der Waals surface area (Å²) in [4.78, 5) is 17.9.